The van der Waals surface area contributed by atoms with Crippen LogP contribution in [-0.4, -0.2) is 23.4 Å². The predicted molar refractivity (Wildman–Crippen MR) is 90.9 cm³/mol. The zero-order valence-corrected chi connectivity index (χ0v) is 14.3. The number of allylic oxidation sites excluding steroid dienone is 1. The van der Waals surface area contributed by atoms with E-state index in [2.05, 4.69) is 13.5 Å². The third-order valence-corrected chi connectivity index (χ3v) is 6.82. The highest BCUT2D eigenvalue weighted by molar-refractivity contribution is 5.18. The topological polar surface area (TPSA) is 53.6 Å². The molecule has 0 spiro atoms. The van der Waals surface area contributed by atoms with Crippen LogP contribution in [0.4, 0.5) is 0 Å². The monoisotopic (exact) mass is 318 g/mol. The van der Waals surface area contributed by atoms with Crippen LogP contribution in [0, 0.1) is 22.7 Å². The molecule has 0 radical (unpaired) electrons. The summed E-state index contributed by atoms with van der Waals surface area (Å²) < 4.78 is 5.18. The molecule has 2 saturated carbocycles. The molecule has 3 rings (SSSR count). The van der Waals surface area contributed by atoms with E-state index >= 15 is 0 Å². The molecule has 4 atom stereocenters. The zero-order chi connectivity index (χ0) is 16.5. The van der Waals surface area contributed by atoms with Crippen LogP contribution < -0.4 is 0 Å². The van der Waals surface area contributed by atoms with Crippen LogP contribution in [0.3, 0.4) is 0 Å². The summed E-state index contributed by atoms with van der Waals surface area (Å²) in [7, 11) is 0. The summed E-state index contributed by atoms with van der Waals surface area (Å²) in [5.41, 5.74) is 2.35. The van der Waals surface area contributed by atoms with Crippen LogP contribution in [0.15, 0.2) is 35.2 Å². The molecule has 0 aliphatic heterocycles. The van der Waals surface area contributed by atoms with Crippen LogP contribution >= 0.6 is 0 Å². The fourth-order valence-electron chi connectivity index (χ4n) is 5.55. The number of rotatable bonds is 5. The first-order chi connectivity index (χ1) is 11.1. The molecule has 0 amide bonds. The Kier molecular flexibility index (Phi) is 4.70. The van der Waals surface area contributed by atoms with Gasteiger partial charge in [0.15, 0.2) is 0 Å². The van der Waals surface area contributed by atoms with Gasteiger partial charge in [0.25, 0.3) is 0 Å². The van der Waals surface area contributed by atoms with Gasteiger partial charge in [0, 0.05) is 18.6 Å². The van der Waals surface area contributed by atoms with Crippen molar-refractivity contribution < 1.29 is 14.6 Å². The Balaban J connectivity index is 1.87. The highest BCUT2D eigenvalue weighted by Gasteiger charge is 2.56. The second kappa shape index (κ2) is 6.45. The van der Waals surface area contributed by atoms with Gasteiger partial charge in [-0.25, -0.2) is 0 Å². The Bertz CT molecular complexity index is 535. The quantitative estimate of drug-likeness (QED) is 0.808. The summed E-state index contributed by atoms with van der Waals surface area (Å²) in [6, 6.07) is 2.02. The summed E-state index contributed by atoms with van der Waals surface area (Å²) in [5, 5.41) is 20.4. The van der Waals surface area contributed by atoms with Crippen LogP contribution in [0.1, 0.15) is 51.0 Å². The molecular weight excluding hydrogens is 288 g/mol. The molecule has 2 aliphatic rings. The van der Waals surface area contributed by atoms with E-state index in [0.717, 1.165) is 44.9 Å². The number of hydrogen-bond donors (Lipinski definition) is 2. The normalized spacial score (nSPS) is 37.6. The summed E-state index contributed by atoms with van der Waals surface area (Å²) in [6.45, 7) is 7.00. The van der Waals surface area contributed by atoms with Crippen molar-refractivity contribution in [3.05, 3.63) is 36.3 Å². The Morgan fingerprint density at radius 1 is 1.30 bits per heavy atom. The van der Waals surface area contributed by atoms with E-state index in [1.165, 1.54) is 11.1 Å². The van der Waals surface area contributed by atoms with Gasteiger partial charge < -0.3 is 14.6 Å². The molecule has 1 aromatic rings. The maximum Gasteiger partial charge on any atom is 0.0934 e. The van der Waals surface area contributed by atoms with Crippen molar-refractivity contribution >= 4 is 0 Å². The molecule has 0 saturated heterocycles. The summed E-state index contributed by atoms with van der Waals surface area (Å²) >= 11 is 0. The first-order valence-electron chi connectivity index (χ1n) is 8.96. The molecule has 2 N–H and O–H groups in total. The van der Waals surface area contributed by atoms with Crippen molar-refractivity contribution in [3.63, 3.8) is 0 Å². The van der Waals surface area contributed by atoms with Gasteiger partial charge in [-0.1, -0.05) is 25.5 Å². The third kappa shape index (κ3) is 2.78. The maximum absolute atomic E-state index is 10.4. The highest BCUT2D eigenvalue weighted by Crippen LogP contribution is 2.61. The minimum absolute atomic E-state index is 0.0600. The molecule has 2 aliphatic carbocycles. The minimum Gasteiger partial charge on any atom is -0.472 e. The van der Waals surface area contributed by atoms with Gasteiger partial charge in [-0.2, -0.15) is 0 Å². The fourth-order valence-corrected chi connectivity index (χ4v) is 5.55. The highest BCUT2D eigenvalue weighted by atomic mass is 16.3. The third-order valence-electron chi connectivity index (χ3n) is 6.82. The van der Waals surface area contributed by atoms with Gasteiger partial charge in [-0.05, 0) is 67.4 Å². The summed E-state index contributed by atoms with van der Waals surface area (Å²) in [5.74, 6) is 0.728. The number of hydrogen-bond acceptors (Lipinski definition) is 3. The Hall–Kier alpha value is -1.06. The molecular formula is C20H30O3. The number of aliphatic hydroxyl groups excluding tert-OH is 2. The molecule has 2 fully saturated rings. The van der Waals surface area contributed by atoms with E-state index in [9.17, 15) is 10.2 Å². The largest absolute Gasteiger partial charge is 0.472 e. The number of aryl methyl sites for hydroxylation is 1. The van der Waals surface area contributed by atoms with Crippen molar-refractivity contribution in [1.29, 1.82) is 0 Å². The van der Waals surface area contributed by atoms with Gasteiger partial charge in [0.1, 0.15) is 0 Å². The first-order valence-corrected chi connectivity index (χ1v) is 8.96. The molecule has 3 nitrogen and oxygen atoms in total. The molecule has 1 aromatic heterocycles. The average Bonchev–Trinajstić information content (AvgIpc) is 3.07. The number of furan rings is 1. The Morgan fingerprint density at radius 2 is 2.13 bits per heavy atom. The van der Waals surface area contributed by atoms with Crippen LogP contribution in [-0.2, 0) is 6.42 Å². The average molecular weight is 318 g/mol. The number of fused-ring (bicyclic) bond motifs is 1. The molecule has 1 heterocycles. The molecule has 0 bridgehead atoms. The first kappa shape index (κ1) is 16.8. The second-order valence-electron chi connectivity index (χ2n) is 8.03. The summed E-state index contributed by atoms with van der Waals surface area (Å²) in [6.07, 6.45) is 10.8. The standard InChI is InChI=1S/C20H30O3/c1-15-4-7-18-19(2,13-21)9-3-10-20(18,14-22)17(15)6-5-16-8-11-23-12-16/h8,11-12,17-18,21-22H,1,3-7,9-10,13-14H2,2H3/t17-,18-,19+,20-/m1/s1. The van der Waals surface area contributed by atoms with Crippen LogP contribution in [0.25, 0.3) is 0 Å². The second-order valence-corrected chi connectivity index (χ2v) is 8.03. The van der Waals surface area contributed by atoms with Crippen molar-refractivity contribution in [2.75, 3.05) is 13.2 Å². The predicted octanol–water partition coefficient (Wildman–Crippen LogP) is 3.96. The van der Waals surface area contributed by atoms with Crippen molar-refractivity contribution in [3.8, 4) is 0 Å². The van der Waals surface area contributed by atoms with Gasteiger partial charge in [0.05, 0.1) is 12.5 Å². The lowest BCUT2D eigenvalue weighted by Crippen LogP contribution is -2.55. The molecule has 0 aromatic carbocycles. The van der Waals surface area contributed by atoms with E-state index in [1.54, 1.807) is 6.26 Å². The van der Waals surface area contributed by atoms with Gasteiger partial charge in [0.2, 0.25) is 0 Å². The van der Waals surface area contributed by atoms with Gasteiger partial charge >= 0.3 is 0 Å². The molecule has 23 heavy (non-hydrogen) atoms. The van der Waals surface area contributed by atoms with Crippen LogP contribution in [0.5, 0.6) is 0 Å². The van der Waals surface area contributed by atoms with E-state index in [-0.39, 0.29) is 24.0 Å². The van der Waals surface area contributed by atoms with E-state index < -0.39 is 0 Å². The van der Waals surface area contributed by atoms with Crippen molar-refractivity contribution in [1.82, 2.24) is 0 Å². The molecule has 0 unspecified atom stereocenters. The SMILES string of the molecule is C=C1CC[C@@H]2[C@](C)(CO)CCC[C@@]2(CO)[C@@H]1CCc1ccoc1. The van der Waals surface area contributed by atoms with E-state index in [1.807, 2.05) is 12.3 Å². The lowest BCUT2D eigenvalue weighted by Gasteiger charge is -2.59. The van der Waals surface area contributed by atoms with E-state index in [0.29, 0.717) is 11.8 Å². The van der Waals surface area contributed by atoms with E-state index in [4.69, 9.17) is 4.42 Å². The van der Waals surface area contributed by atoms with Crippen molar-refractivity contribution in [2.45, 2.75) is 51.9 Å². The smallest absolute Gasteiger partial charge is 0.0934 e. The van der Waals surface area contributed by atoms with Gasteiger partial charge in [-0.3, -0.25) is 0 Å². The lowest BCUT2D eigenvalue weighted by atomic mass is 9.46. The lowest BCUT2D eigenvalue weighted by molar-refractivity contribution is -0.120. The fraction of sp³-hybridized carbons (Fsp3) is 0.700. The number of aliphatic hydroxyl groups is 2. The Morgan fingerprint density at radius 3 is 2.78 bits per heavy atom. The molecule has 3 heteroatoms. The van der Waals surface area contributed by atoms with Crippen LogP contribution in [0.2, 0.25) is 0 Å². The zero-order valence-electron chi connectivity index (χ0n) is 14.3. The summed E-state index contributed by atoms with van der Waals surface area (Å²) in [4.78, 5) is 0. The Labute approximate surface area is 139 Å². The van der Waals surface area contributed by atoms with Crippen molar-refractivity contribution in [2.24, 2.45) is 22.7 Å². The van der Waals surface area contributed by atoms with Gasteiger partial charge in [-0.15, -0.1) is 0 Å². The maximum atomic E-state index is 10.4. The minimum atomic E-state index is -0.102. The molecule has 128 valence electrons.